The average molecular weight is 232 g/mol. The molecule has 0 fully saturated rings. The van der Waals surface area contributed by atoms with Gasteiger partial charge in [0.05, 0.1) is 18.2 Å². The van der Waals surface area contributed by atoms with Crippen LogP contribution >= 0.6 is 11.3 Å². The molecule has 2 rings (SSSR count). The van der Waals surface area contributed by atoms with Crippen LogP contribution in [-0.2, 0) is 6.54 Å². The molecule has 2 aromatic heterocycles. The van der Waals surface area contributed by atoms with Gasteiger partial charge in [0.15, 0.2) is 0 Å². The van der Waals surface area contributed by atoms with Crippen molar-refractivity contribution in [3.63, 3.8) is 0 Å². The van der Waals surface area contributed by atoms with E-state index in [1.165, 1.54) is 0 Å². The van der Waals surface area contributed by atoms with Gasteiger partial charge in [-0.2, -0.15) is 5.26 Å². The van der Waals surface area contributed by atoms with Crippen LogP contribution in [0.15, 0.2) is 28.5 Å². The summed E-state index contributed by atoms with van der Waals surface area (Å²) in [5.74, 6) is 0.617. The summed E-state index contributed by atoms with van der Waals surface area (Å²) in [5.41, 5.74) is 1.36. The number of nitrogens with one attached hydrogen (secondary N) is 2. The fraction of sp³-hybridized carbons (Fsp3) is 0.100. The summed E-state index contributed by atoms with van der Waals surface area (Å²) in [6.45, 7) is 0.487. The summed E-state index contributed by atoms with van der Waals surface area (Å²) >= 11 is 1.12. The summed E-state index contributed by atoms with van der Waals surface area (Å²) in [6.07, 6.45) is 1.57. The second-order valence-electron chi connectivity index (χ2n) is 3.07. The SMILES string of the molecule is N#Cc1ccnc(NCc2csc(=O)[nH]2)c1. The number of rotatable bonds is 3. The van der Waals surface area contributed by atoms with Crippen molar-refractivity contribution in [1.29, 1.82) is 5.26 Å². The minimum absolute atomic E-state index is 0.0736. The van der Waals surface area contributed by atoms with Crippen LogP contribution < -0.4 is 10.2 Å². The zero-order valence-corrected chi connectivity index (χ0v) is 9.04. The second-order valence-corrected chi connectivity index (χ2v) is 3.91. The van der Waals surface area contributed by atoms with Crippen molar-refractivity contribution in [1.82, 2.24) is 9.97 Å². The number of aromatic nitrogens is 2. The molecule has 0 aliphatic heterocycles. The number of pyridine rings is 1. The normalized spacial score (nSPS) is 9.69. The first-order valence-corrected chi connectivity index (χ1v) is 5.42. The summed E-state index contributed by atoms with van der Waals surface area (Å²) in [7, 11) is 0. The Kier molecular flexibility index (Phi) is 2.98. The van der Waals surface area contributed by atoms with Gasteiger partial charge < -0.3 is 10.3 Å². The van der Waals surface area contributed by atoms with Crippen LogP contribution in [0.2, 0.25) is 0 Å². The van der Waals surface area contributed by atoms with Gasteiger partial charge in [-0.05, 0) is 12.1 Å². The average Bonchev–Trinajstić information content (AvgIpc) is 2.73. The highest BCUT2D eigenvalue weighted by atomic mass is 32.1. The minimum Gasteiger partial charge on any atom is -0.364 e. The summed E-state index contributed by atoms with van der Waals surface area (Å²) < 4.78 is 0. The molecule has 0 aliphatic carbocycles. The molecule has 0 radical (unpaired) electrons. The zero-order valence-electron chi connectivity index (χ0n) is 8.23. The summed E-state index contributed by atoms with van der Waals surface area (Å²) in [4.78, 5) is 17.5. The summed E-state index contributed by atoms with van der Waals surface area (Å²) in [6, 6.07) is 5.33. The van der Waals surface area contributed by atoms with Crippen molar-refractivity contribution in [3.05, 3.63) is 44.6 Å². The number of thiazole rings is 1. The predicted octanol–water partition coefficient (Wildman–Crippen LogP) is 1.32. The van der Waals surface area contributed by atoms with Crippen molar-refractivity contribution in [2.75, 3.05) is 5.32 Å². The quantitative estimate of drug-likeness (QED) is 0.836. The number of nitrogens with zero attached hydrogens (tertiary/aromatic N) is 2. The lowest BCUT2D eigenvalue weighted by molar-refractivity contribution is 1.04. The molecular weight excluding hydrogens is 224 g/mol. The van der Waals surface area contributed by atoms with Gasteiger partial charge in [-0.15, -0.1) is 0 Å². The Morgan fingerprint density at radius 1 is 1.62 bits per heavy atom. The first kappa shape index (κ1) is 10.4. The Labute approximate surface area is 95.4 Å². The van der Waals surface area contributed by atoms with E-state index in [0.29, 0.717) is 17.9 Å². The molecule has 0 amide bonds. The van der Waals surface area contributed by atoms with Crippen LogP contribution in [0.1, 0.15) is 11.3 Å². The molecule has 0 aliphatic rings. The molecule has 0 unspecified atom stereocenters. The van der Waals surface area contributed by atoms with Crippen LogP contribution in [-0.4, -0.2) is 9.97 Å². The van der Waals surface area contributed by atoms with Crippen LogP contribution in [0.5, 0.6) is 0 Å². The van der Waals surface area contributed by atoms with Gasteiger partial charge in [0.2, 0.25) is 0 Å². The molecule has 2 N–H and O–H groups in total. The lowest BCUT2D eigenvalue weighted by Crippen LogP contribution is -2.04. The standard InChI is InChI=1S/C10H8N4OS/c11-4-7-1-2-12-9(3-7)13-5-8-6-16-10(15)14-8/h1-3,6H,5H2,(H,12,13)(H,14,15). The molecule has 0 saturated carbocycles. The molecule has 0 bridgehead atoms. The molecule has 2 aromatic rings. The highest BCUT2D eigenvalue weighted by molar-refractivity contribution is 7.07. The Balaban J connectivity index is 2.05. The third-order valence-corrected chi connectivity index (χ3v) is 2.64. The van der Waals surface area contributed by atoms with Gasteiger partial charge in [-0.3, -0.25) is 4.79 Å². The molecule has 6 heteroatoms. The van der Waals surface area contributed by atoms with Crippen LogP contribution in [0.25, 0.3) is 0 Å². The number of aromatic amines is 1. The molecule has 0 spiro atoms. The maximum absolute atomic E-state index is 10.9. The van der Waals surface area contributed by atoms with Gasteiger partial charge in [-0.25, -0.2) is 4.98 Å². The molecule has 2 heterocycles. The Morgan fingerprint density at radius 2 is 2.50 bits per heavy atom. The van der Waals surface area contributed by atoms with Crippen molar-refractivity contribution in [2.24, 2.45) is 0 Å². The molecular formula is C10H8N4OS. The second kappa shape index (κ2) is 4.59. The highest BCUT2D eigenvalue weighted by Crippen LogP contribution is 2.07. The molecule has 16 heavy (non-hydrogen) atoms. The Bertz CT molecular complexity index is 581. The Hall–Kier alpha value is -2.13. The number of H-pyrrole nitrogens is 1. The largest absolute Gasteiger partial charge is 0.364 e. The van der Waals surface area contributed by atoms with E-state index in [4.69, 9.17) is 5.26 Å². The summed E-state index contributed by atoms with van der Waals surface area (Å²) in [5, 5.41) is 13.5. The lowest BCUT2D eigenvalue weighted by atomic mass is 10.3. The van der Waals surface area contributed by atoms with E-state index in [1.807, 2.05) is 6.07 Å². The lowest BCUT2D eigenvalue weighted by Gasteiger charge is -2.02. The molecule has 0 atom stereocenters. The van der Waals surface area contributed by atoms with E-state index in [2.05, 4.69) is 15.3 Å². The number of anilines is 1. The maximum Gasteiger partial charge on any atom is 0.304 e. The van der Waals surface area contributed by atoms with E-state index in [1.54, 1.807) is 23.7 Å². The fourth-order valence-corrected chi connectivity index (χ4v) is 1.76. The van der Waals surface area contributed by atoms with E-state index >= 15 is 0 Å². The highest BCUT2D eigenvalue weighted by Gasteiger charge is 1.98. The predicted molar refractivity (Wildman–Crippen MR) is 61.2 cm³/mol. The van der Waals surface area contributed by atoms with E-state index in [-0.39, 0.29) is 4.87 Å². The van der Waals surface area contributed by atoms with Crippen LogP contribution in [0, 0.1) is 11.3 Å². The van der Waals surface area contributed by atoms with Crippen molar-refractivity contribution < 1.29 is 0 Å². The van der Waals surface area contributed by atoms with Crippen molar-refractivity contribution >= 4 is 17.2 Å². The maximum atomic E-state index is 10.9. The molecule has 0 saturated heterocycles. The van der Waals surface area contributed by atoms with Crippen LogP contribution in [0.3, 0.4) is 0 Å². The first-order valence-electron chi connectivity index (χ1n) is 4.54. The van der Waals surface area contributed by atoms with Gasteiger partial charge >= 0.3 is 4.87 Å². The smallest absolute Gasteiger partial charge is 0.304 e. The van der Waals surface area contributed by atoms with Crippen molar-refractivity contribution in [2.45, 2.75) is 6.54 Å². The third-order valence-electron chi connectivity index (χ3n) is 1.92. The van der Waals surface area contributed by atoms with E-state index < -0.39 is 0 Å². The van der Waals surface area contributed by atoms with E-state index in [0.717, 1.165) is 17.0 Å². The first-order chi connectivity index (χ1) is 7.78. The van der Waals surface area contributed by atoms with E-state index in [9.17, 15) is 4.79 Å². The topological polar surface area (TPSA) is 81.6 Å². The number of hydrogen-bond acceptors (Lipinski definition) is 5. The molecule has 80 valence electrons. The number of hydrogen-bond donors (Lipinski definition) is 2. The molecule has 0 aromatic carbocycles. The fourth-order valence-electron chi connectivity index (χ4n) is 1.18. The zero-order chi connectivity index (χ0) is 11.4. The Morgan fingerprint density at radius 3 is 3.19 bits per heavy atom. The van der Waals surface area contributed by atoms with Gasteiger partial charge in [0, 0.05) is 17.3 Å². The minimum atomic E-state index is -0.0736. The van der Waals surface area contributed by atoms with Gasteiger partial charge in [0.25, 0.3) is 0 Å². The monoisotopic (exact) mass is 232 g/mol. The molecule has 5 nitrogen and oxygen atoms in total. The van der Waals surface area contributed by atoms with Gasteiger partial charge in [-0.1, -0.05) is 11.3 Å². The number of nitriles is 1. The van der Waals surface area contributed by atoms with Crippen LogP contribution in [0.4, 0.5) is 5.82 Å². The van der Waals surface area contributed by atoms with Crippen molar-refractivity contribution in [3.8, 4) is 6.07 Å². The van der Waals surface area contributed by atoms with Gasteiger partial charge in [0.1, 0.15) is 5.82 Å². The third kappa shape index (κ3) is 2.46.